The van der Waals surface area contributed by atoms with Gasteiger partial charge in [0.15, 0.2) is 0 Å². The van der Waals surface area contributed by atoms with Gasteiger partial charge in [-0.3, -0.25) is 9.36 Å². The molecule has 2 aromatic heterocycles. The molecular weight excluding hydrogens is 256 g/mol. The van der Waals surface area contributed by atoms with E-state index >= 15 is 0 Å². The zero-order valence-electron chi connectivity index (χ0n) is 11.1. The summed E-state index contributed by atoms with van der Waals surface area (Å²) in [6.07, 6.45) is 3.82. The van der Waals surface area contributed by atoms with Crippen molar-refractivity contribution in [2.24, 2.45) is 0 Å². The molecule has 0 saturated carbocycles. The summed E-state index contributed by atoms with van der Waals surface area (Å²) in [6, 6.07) is 6.57. The first kappa shape index (κ1) is 13.7. The maximum absolute atomic E-state index is 12.2. The SMILES string of the molecule is CCCn1ccc(=O)n(Cc2ccnc(C#N)c2)c1=O. The van der Waals surface area contributed by atoms with E-state index in [4.69, 9.17) is 5.26 Å². The summed E-state index contributed by atoms with van der Waals surface area (Å²) in [5.41, 5.74) is 0.276. The lowest BCUT2D eigenvalue weighted by molar-refractivity contribution is 0.570. The topological polar surface area (TPSA) is 80.7 Å². The molecule has 0 radical (unpaired) electrons. The van der Waals surface area contributed by atoms with Gasteiger partial charge in [0, 0.05) is 25.0 Å². The van der Waals surface area contributed by atoms with Gasteiger partial charge in [-0.25, -0.2) is 9.78 Å². The van der Waals surface area contributed by atoms with Crippen molar-refractivity contribution in [3.63, 3.8) is 0 Å². The van der Waals surface area contributed by atoms with Gasteiger partial charge in [-0.1, -0.05) is 6.92 Å². The fourth-order valence-corrected chi connectivity index (χ4v) is 1.93. The number of rotatable bonds is 4. The van der Waals surface area contributed by atoms with Crippen LogP contribution in [0.4, 0.5) is 0 Å². The Labute approximate surface area is 115 Å². The summed E-state index contributed by atoms with van der Waals surface area (Å²) in [5.74, 6) is 0. The van der Waals surface area contributed by atoms with Gasteiger partial charge in [0.25, 0.3) is 5.56 Å². The lowest BCUT2D eigenvalue weighted by atomic mass is 10.2. The highest BCUT2D eigenvalue weighted by Crippen LogP contribution is 2.01. The molecule has 0 amide bonds. The van der Waals surface area contributed by atoms with Gasteiger partial charge >= 0.3 is 5.69 Å². The van der Waals surface area contributed by atoms with Crippen LogP contribution < -0.4 is 11.2 Å². The highest BCUT2D eigenvalue weighted by Gasteiger charge is 2.06. The molecule has 0 atom stereocenters. The van der Waals surface area contributed by atoms with Crippen LogP contribution in [0.25, 0.3) is 0 Å². The zero-order chi connectivity index (χ0) is 14.5. The van der Waals surface area contributed by atoms with Crippen LogP contribution in [0.3, 0.4) is 0 Å². The van der Waals surface area contributed by atoms with Crippen molar-refractivity contribution in [1.82, 2.24) is 14.1 Å². The van der Waals surface area contributed by atoms with E-state index in [1.807, 2.05) is 13.0 Å². The minimum atomic E-state index is -0.349. The summed E-state index contributed by atoms with van der Waals surface area (Å²) in [4.78, 5) is 27.9. The zero-order valence-corrected chi connectivity index (χ0v) is 11.1. The summed E-state index contributed by atoms with van der Waals surface area (Å²) < 4.78 is 2.67. The molecule has 0 N–H and O–H groups in total. The van der Waals surface area contributed by atoms with E-state index in [1.165, 1.54) is 23.0 Å². The molecule has 2 aromatic rings. The van der Waals surface area contributed by atoms with Gasteiger partial charge < -0.3 is 4.57 Å². The molecular formula is C14H14N4O2. The molecule has 2 heterocycles. The van der Waals surface area contributed by atoms with E-state index < -0.39 is 0 Å². The van der Waals surface area contributed by atoms with Crippen LogP contribution in [0.2, 0.25) is 0 Å². The van der Waals surface area contributed by atoms with Gasteiger partial charge in [0.05, 0.1) is 6.54 Å². The van der Waals surface area contributed by atoms with E-state index in [0.717, 1.165) is 11.0 Å². The maximum atomic E-state index is 12.2. The smallest absolute Gasteiger partial charge is 0.300 e. The standard InChI is InChI=1S/C14H14N4O2/c1-2-6-17-7-4-13(19)18(14(17)20)10-11-3-5-16-12(8-11)9-15/h3-5,7-8H,2,6,10H2,1H3. The van der Waals surface area contributed by atoms with E-state index in [2.05, 4.69) is 4.98 Å². The monoisotopic (exact) mass is 270 g/mol. The maximum Gasteiger partial charge on any atom is 0.331 e. The molecule has 0 aromatic carbocycles. The molecule has 0 spiro atoms. The number of hydrogen-bond acceptors (Lipinski definition) is 4. The van der Waals surface area contributed by atoms with Crippen LogP contribution in [0.1, 0.15) is 24.6 Å². The number of nitrogens with zero attached hydrogens (tertiary/aromatic N) is 4. The number of aryl methyl sites for hydroxylation is 1. The van der Waals surface area contributed by atoms with Crippen molar-refractivity contribution in [1.29, 1.82) is 5.26 Å². The number of aromatic nitrogens is 3. The fraction of sp³-hybridized carbons (Fsp3) is 0.286. The van der Waals surface area contributed by atoms with Crippen LogP contribution >= 0.6 is 0 Å². The van der Waals surface area contributed by atoms with Crippen LogP contribution in [0.15, 0.2) is 40.2 Å². The van der Waals surface area contributed by atoms with Gasteiger partial charge in [-0.2, -0.15) is 5.26 Å². The van der Waals surface area contributed by atoms with Crippen molar-refractivity contribution in [2.75, 3.05) is 0 Å². The molecule has 0 bridgehead atoms. The Kier molecular flexibility index (Phi) is 4.11. The van der Waals surface area contributed by atoms with E-state index in [-0.39, 0.29) is 23.5 Å². The molecule has 20 heavy (non-hydrogen) atoms. The first-order chi connectivity index (χ1) is 9.65. The molecule has 0 saturated heterocycles. The van der Waals surface area contributed by atoms with Crippen LogP contribution in [-0.4, -0.2) is 14.1 Å². The molecule has 102 valence electrons. The van der Waals surface area contributed by atoms with Gasteiger partial charge in [-0.05, 0) is 24.1 Å². The summed E-state index contributed by atoms with van der Waals surface area (Å²) in [6.45, 7) is 2.67. The van der Waals surface area contributed by atoms with Crippen LogP contribution in [0.5, 0.6) is 0 Å². The Hall–Kier alpha value is -2.68. The highest BCUT2D eigenvalue weighted by molar-refractivity contribution is 5.25. The third kappa shape index (κ3) is 2.83. The van der Waals surface area contributed by atoms with E-state index in [0.29, 0.717) is 12.1 Å². The Morgan fingerprint density at radius 3 is 2.85 bits per heavy atom. The second-order valence-electron chi connectivity index (χ2n) is 4.38. The number of nitriles is 1. The Morgan fingerprint density at radius 2 is 2.15 bits per heavy atom. The third-order valence-electron chi connectivity index (χ3n) is 2.88. The van der Waals surface area contributed by atoms with Crippen molar-refractivity contribution in [3.05, 3.63) is 62.7 Å². The van der Waals surface area contributed by atoms with Crippen LogP contribution in [-0.2, 0) is 13.1 Å². The van der Waals surface area contributed by atoms with Crippen LogP contribution in [0, 0.1) is 11.3 Å². The molecule has 0 aliphatic rings. The first-order valence-corrected chi connectivity index (χ1v) is 6.31. The average Bonchev–Trinajstić information content (AvgIpc) is 2.47. The minimum Gasteiger partial charge on any atom is -0.300 e. The largest absolute Gasteiger partial charge is 0.331 e. The molecule has 0 fully saturated rings. The lowest BCUT2D eigenvalue weighted by Gasteiger charge is -2.09. The van der Waals surface area contributed by atoms with E-state index in [1.54, 1.807) is 12.1 Å². The highest BCUT2D eigenvalue weighted by atomic mass is 16.2. The minimum absolute atomic E-state index is 0.138. The molecule has 2 rings (SSSR count). The predicted molar refractivity (Wildman–Crippen MR) is 73.3 cm³/mol. The van der Waals surface area contributed by atoms with Gasteiger partial charge in [0.1, 0.15) is 11.8 Å². The molecule has 0 aliphatic carbocycles. The molecule has 0 aliphatic heterocycles. The molecule has 6 heteroatoms. The Balaban J connectivity index is 2.43. The summed E-state index contributed by atoms with van der Waals surface area (Å²) in [7, 11) is 0. The van der Waals surface area contributed by atoms with Gasteiger partial charge in [-0.15, -0.1) is 0 Å². The molecule has 0 unspecified atom stereocenters. The summed E-state index contributed by atoms with van der Waals surface area (Å²) in [5, 5.41) is 8.80. The normalized spacial score (nSPS) is 10.2. The van der Waals surface area contributed by atoms with Crippen molar-refractivity contribution >= 4 is 0 Å². The van der Waals surface area contributed by atoms with Crippen molar-refractivity contribution < 1.29 is 0 Å². The lowest BCUT2D eigenvalue weighted by Crippen LogP contribution is -2.39. The third-order valence-corrected chi connectivity index (χ3v) is 2.88. The van der Waals surface area contributed by atoms with E-state index in [9.17, 15) is 9.59 Å². The number of pyridine rings is 1. The first-order valence-electron chi connectivity index (χ1n) is 6.31. The second-order valence-corrected chi connectivity index (χ2v) is 4.38. The summed E-state index contributed by atoms with van der Waals surface area (Å²) >= 11 is 0. The average molecular weight is 270 g/mol. The van der Waals surface area contributed by atoms with Crippen molar-refractivity contribution in [3.8, 4) is 6.07 Å². The predicted octanol–water partition coefficient (Wildman–Crippen LogP) is 0.735. The Bertz CT molecular complexity index is 768. The number of hydrogen-bond donors (Lipinski definition) is 0. The second kappa shape index (κ2) is 5.97. The molecule has 6 nitrogen and oxygen atoms in total. The van der Waals surface area contributed by atoms with Crippen molar-refractivity contribution in [2.45, 2.75) is 26.4 Å². The fourth-order valence-electron chi connectivity index (χ4n) is 1.93. The van der Waals surface area contributed by atoms with Gasteiger partial charge in [0.2, 0.25) is 0 Å². The quantitative estimate of drug-likeness (QED) is 0.820. The Morgan fingerprint density at radius 1 is 1.35 bits per heavy atom.